The van der Waals surface area contributed by atoms with Crippen LogP contribution in [0.3, 0.4) is 0 Å². The van der Waals surface area contributed by atoms with Crippen LogP contribution in [-0.2, 0) is 15.9 Å². The number of rotatable bonds is 7. The fraction of sp³-hybridized carbons (Fsp3) is 0.355. The molecule has 6 nitrogen and oxygen atoms in total. The third-order valence-electron chi connectivity index (χ3n) is 6.67. The summed E-state index contributed by atoms with van der Waals surface area (Å²) in [6.45, 7) is 15.0. The van der Waals surface area contributed by atoms with Crippen molar-refractivity contribution in [2.45, 2.75) is 52.7 Å². The van der Waals surface area contributed by atoms with Gasteiger partial charge in [-0.25, -0.2) is 4.98 Å². The zero-order chi connectivity index (χ0) is 26.3. The van der Waals surface area contributed by atoms with Crippen LogP contribution in [0.1, 0.15) is 56.2 Å². The van der Waals surface area contributed by atoms with E-state index in [1.807, 2.05) is 59.0 Å². The lowest BCUT2D eigenvalue weighted by Crippen LogP contribution is -2.25. The molecule has 0 saturated heterocycles. The van der Waals surface area contributed by atoms with Crippen LogP contribution in [0, 0.1) is 6.92 Å². The minimum Gasteiger partial charge on any atom is -0.493 e. The molecule has 0 saturated carbocycles. The molecule has 0 spiro atoms. The summed E-state index contributed by atoms with van der Waals surface area (Å²) in [7, 11) is 0. The van der Waals surface area contributed by atoms with Gasteiger partial charge in [-0.3, -0.25) is 4.98 Å². The number of benzene rings is 2. The Balaban J connectivity index is 1.85. The number of ether oxygens (including phenoxy) is 3. The molecule has 1 atom stereocenters. The predicted molar refractivity (Wildman–Crippen MR) is 148 cm³/mol. The van der Waals surface area contributed by atoms with Crippen molar-refractivity contribution >= 4 is 27.6 Å². The van der Waals surface area contributed by atoms with E-state index in [4.69, 9.17) is 24.2 Å². The van der Waals surface area contributed by atoms with Gasteiger partial charge in [0.05, 0.1) is 36.5 Å². The molecule has 1 aliphatic heterocycles. The Hall–Kier alpha value is -3.48. The summed E-state index contributed by atoms with van der Waals surface area (Å²) in [5, 5.41) is 12.5. The molecule has 37 heavy (non-hydrogen) atoms. The normalized spacial score (nSPS) is 14.0. The molecule has 3 heterocycles. The first-order valence-electron chi connectivity index (χ1n) is 12.8. The first kappa shape index (κ1) is 25.2. The van der Waals surface area contributed by atoms with Gasteiger partial charge in [0.15, 0.2) is 0 Å². The van der Waals surface area contributed by atoms with Gasteiger partial charge in [0.2, 0.25) is 0 Å². The molecular weight excluding hydrogens is 464 g/mol. The van der Waals surface area contributed by atoms with Crippen molar-refractivity contribution in [2.75, 3.05) is 19.8 Å². The third-order valence-corrected chi connectivity index (χ3v) is 6.67. The summed E-state index contributed by atoms with van der Waals surface area (Å²) >= 11 is 0. The zero-order valence-electron chi connectivity index (χ0n) is 22.2. The molecule has 2 aromatic carbocycles. The second-order valence-electron chi connectivity index (χ2n) is 10.4. The molecule has 0 amide bonds. The van der Waals surface area contributed by atoms with Gasteiger partial charge in [0.1, 0.15) is 23.3 Å². The quantitative estimate of drug-likeness (QED) is 0.291. The minimum absolute atomic E-state index is 0.152. The second-order valence-corrected chi connectivity index (χ2v) is 10.4. The number of aliphatic hydroxyl groups excluding tert-OH is 1. The highest BCUT2D eigenvalue weighted by molar-refractivity contribution is 6.07. The first-order valence-corrected chi connectivity index (χ1v) is 12.8. The Morgan fingerprint density at radius 1 is 1.19 bits per heavy atom. The van der Waals surface area contributed by atoms with E-state index in [0.717, 1.165) is 56.2 Å². The minimum atomic E-state index is -0.528. The van der Waals surface area contributed by atoms with E-state index in [2.05, 4.69) is 24.8 Å². The van der Waals surface area contributed by atoms with Gasteiger partial charge in [0, 0.05) is 29.0 Å². The van der Waals surface area contributed by atoms with E-state index in [1.54, 1.807) is 0 Å². The molecule has 1 N–H and O–H groups in total. The average Bonchev–Trinajstić information content (AvgIpc) is 2.87. The summed E-state index contributed by atoms with van der Waals surface area (Å²) in [4.78, 5) is 9.74. The van der Waals surface area contributed by atoms with Crippen molar-refractivity contribution in [2.24, 2.45) is 0 Å². The van der Waals surface area contributed by atoms with Crippen LogP contribution in [0.4, 0.5) is 0 Å². The number of nitrogens with zero attached hydrogens (tertiary/aromatic N) is 2. The number of hydrogen-bond acceptors (Lipinski definition) is 6. The van der Waals surface area contributed by atoms with Gasteiger partial charge < -0.3 is 19.3 Å². The fourth-order valence-corrected chi connectivity index (χ4v) is 5.25. The van der Waals surface area contributed by atoms with Gasteiger partial charge in [0.25, 0.3) is 0 Å². The molecule has 4 aromatic rings. The molecule has 0 unspecified atom stereocenters. The molecular formula is C31H34N2O4. The van der Waals surface area contributed by atoms with E-state index in [0.29, 0.717) is 24.7 Å². The summed E-state index contributed by atoms with van der Waals surface area (Å²) in [6, 6.07) is 12.2. The SMILES string of the molecule is C=C(OCC)c1ccc2c(-c3ccc4c5c(ccnc35)CCO4)c([C@@H](CO)OC(C)(C)C)c(C)cc2n1. The van der Waals surface area contributed by atoms with Crippen LogP contribution in [0.5, 0.6) is 5.75 Å². The standard InChI is InChI=1S/C31H34N2O4/c1-7-35-19(3)23-10-8-21-24(33-23)16-18(2)27(26(17-34)37-31(4,5)6)29(21)22-9-11-25-28-20(13-15-36-25)12-14-32-30(22)28/h8-12,14,16,26,34H,3,7,13,15,17H2,1-2,4-6H3/t26-/m1/s1. The van der Waals surface area contributed by atoms with E-state index in [-0.39, 0.29) is 6.61 Å². The lowest BCUT2D eigenvalue weighted by Gasteiger charge is -2.30. The lowest BCUT2D eigenvalue weighted by molar-refractivity contribution is -0.0821. The number of fused-ring (bicyclic) bond motifs is 1. The highest BCUT2D eigenvalue weighted by Gasteiger charge is 2.28. The first-order chi connectivity index (χ1) is 17.7. The van der Waals surface area contributed by atoms with Gasteiger partial charge in [-0.1, -0.05) is 6.58 Å². The maximum absolute atomic E-state index is 10.5. The van der Waals surface area contributed by atoms with E-state index in [9.17, 15) is 5.11 Å². The average molecular weight is 499 g/mol. The topological polar surface area (TPSA) is 73.7 Å². The Bertz CT molecular complexity index is 1490. The van der Waals surface area contributed by atoms with Gasteiger partial charge in [-0.15, -0.1) is 0 Å². The molecule has 0 radical (unpaired) electrons. The smallest absolute Gasteiger partial charge is 0.137 e. The van der Waals surface area contributed by atoms with Crippen molar-refractivity contribution in [3.63, 3.8) is 0 Å². The largest absolute Gasteiger partial charge is 0.493 e. The van der Waals surface area contributed by atoms with E-state index in [1.165, 1.54) is 5.56 Å². The molecule has 192 valence electrons. The van der Waals surface area contributed by atoms with Crippen LogP contribution in [0.25, 0.3) is 38.7 Å². The highest BCUT2D eigenvalue weighted by atomic mass is 16.5. The summed E-state index contributed by atoms with van der Waals surface area (Å²) in [6.07, 6.45) is 2.18. The van der Waals surface area contributed by atoms with E-state index >= 15 is 0 Å². The molecule has 0 bridgehead atoms. The number of aromatic nitrogens is 2. The van der Waals surface area contributed by atoms with Crippen molar-refractivity contribution in [1.82, 2.24) is 9.97 Å². The van der Waals surface area contributed by atoms with Gasteiger partial charge in [-0.05, 0) is 93.3 Å². The Kier molecular flexibility index (Phi) is 6.65. The maximum atomic E-state index is 10.5. The van der Waals surface area contributed by atoms with Crippen molar-refractivity contribution < 1.29 is 19.3 Å². The van der Waals surface area contributed by atoms with Gasteiger partial charge >= 0.3 is 0 Å². The maximum Gasteiger partial charge on any atom is 0.137 e. The Morgan fingerprint density at radius 2 is 2.00 bits per heavy atom. The van der Waals surface area contributed by atoms with Crippen molar-refractivity contribution in [3.05, 3.63) is 71.6 Å². The molecule has 0 fully saturated rings. The van der Waals surface area contributed by atoms with Crippen LogP contribution in [0.2, 0.25) is 0 Å². The zero-order valence-corrected chi connectivity index (χ0v) is 22.2. The Morgan fingerprint density at radius 3 is 2.73 bits per heavy atom. The van der Waals surface area contributed by atoms with Gasteiger partial charge in [-0.2, -0.15) is 0 Å². The third kappa shape index (κ3) is 4.67. The molecule has 0 aliphatic carbocycles. The number of pyridine rings is 2. The van der Waals surface area contributed by atoms with Crippen LogP contribution >= 0.6 is 0 Å². The fourth-order valence-electron chi connectivity index (χ4n) is 5.25. The van der Waals surface area contributed by atoms with Crippen LogP contribution in [0.15, 0.2) is 49.2 Å². The number of hydrogen-bond donors (Lipinski definition) is 1. The van der Waals surface area contributed by atoms with E-state index < -0.39 is 11.7 Å². The second kappa shape index (κ2) is 9.77. The Labute approximate surface area is 217 Å². The van der Waals surface area contributed by atoms with Crippen LogP contribution < -0.4 is 4.74 Å². The summed E-state index contributed by atoms with van der Waals surface area (Å²) in [5.41, 5.74) is 7.00. The molecule has 2 aromatic heterocycles. The highest BCUT2D eigenvalue weighted by Crippen LogP contribution is 2.44. The number of aryl methyl sites for hydroxylation is 1. The molecule has 5 rings (SSSR count). The van der Waals surface area contributed by atoms with Crippen LogP contribution in [-0.4, -0.2) is 40.5 Å². The van der Waals surface area contributed by atoms with Crippen molar-refractivity contribution in [3.8, 4) is 16.9 Å². The summed E-state index contributed by atoms with van der Waals surface area (Å²) in [5.74, 6) is 1.39. The lowest BCUT2D eigenvalue weighted by atomic mass is 9.86. The molecule has 1 aliphatic rings. The molecule has 6 heteroatoms. The number of aliphatic hydroxyl groups is 1. The van der Waals surface area contributed by atoms with Crippen molar-refractivity contribution in [1.29, 1.82) is 0 Å². The monoisotopic (exact) mass is 498 g/mol. The predicted octanol–water partition coefficient (Wildman–Crippen LogP) is 6.55. The summed E-state index contributed by atoms with van der Waals surface area (Å²) < 4.78 is 18.0.